The number of fused-ring (bicyclic) bond motifs is 3. The maximum absolute atomic E-state index is 14.6. The van der Waals surface area contributed by atoms with Gasteiger partial charge in [0.1, 0.15) is 12.1 Å². The van der Waals surface area contributed by atoms with Crippen molar-refractivity contribution >= 4 is 39.9 Å². The molecule has 0 unspecified atom stereocenters. The van der Waals surface area contributed by atoms with Gasteiger partial charge in [0, 0.05) is 62.4 Å². The highest BCUT2D eigenvalue weighted by atomic mass is 19.1. The fourth-order valence-electron chi connectivity index (χ4n) is 6.37. The lowest BCUT2D eigenvalue weighted by Gasteiger charge is -2.43. The molecule has 3 fully saturated rings. The van der Waals surface area contributed by atoms with Crippen LogP contribution in [-0.4, -0.2) is 61.2 Å². The third-order valence-corrected chi connectivity index (χ3v) is 8.53. The number of aromatic nitrogens is 4. The van der Waals surface area contributed by atoms with Gasteiger partial charge in [0.25, 0.3) is 5.91 Å². The Morgan fingerprint density at radius 3 is 2.71 bits per heavy atom. The van der Waals surface area contributed by atoms with Crippen LogP contribution < -0.4 is 10.2 Å². The molecule has 5 heterocycles. The average molecular weight is 568 g/mol. The summed E-state index contributed by atoms with van der Waals surface area (Å²) in [6.07, 6.45) is 6.60. The van der Waals surface area contributed by atoms with Gasteiger partial charge < -0.3 is 24.3 Å². The maximum atomic E-state index is 14.6. The Morgan fingerprint density at radius 1 is 1.14 bits per heavy atom. The number of likely N-dealkylation sites (N-methyl/N-ethyl adjacent to an activating group) is 1. The Hall–Kier alpha value is -4.93. The lowest BCUT2D eigenvalue weighted by atomic mass is 9.77. The van der Waals surface area contributed by atoms with Crippen LogP contribution >= 0.6 is 0 Å². The molecule has 3 aliphatic rings. The number of nitrogens with zero attached hydrogens (tertiary/aromatic N) is 6. The molecule has 2 amide bonds. The molecule has 1 aliphatic carbocycles. The van der Waals surface area contributed by atoms with E-state index >= 15 is 0 Å². The molecule has 2 bridgehead atoms. The number of rotatable bonds is 6. The minimum atomic E-state index is -0.518. The minimum absolute atomic E-state index is 0.207. The average Bonchev–Trinajstić information content (AvgIpc) is 3.71. The second-order valence-electron chi connectivity index (χ2n) is 11.4. The van der Waals surface area contributed by atoms with E-state index in [4.69, 9.17) is 4.74 Å². The summed E-state index contributed by atoms with van der Waals surface area (Å²) in [5, 5.41) is 8.26. The van der Waals surface area contributed by atoms with Crippen molar-refractivity contribution in [3.05, 3.63) is 89.8 Å². The molecule has 11 heteroatoms. The predicted molar refractivity (Wildman–Crippen MR) is 156 cm³/mol. The fourth-order valence-corrected chi connectivity index (χ4v) is 6.37. The van der Waals surface area contributed by atoms with Crippen molar-refractivity contribution in [3.8, 4) is 0 Å². The standard InChI is InChI=1S/C31H30FN7O3/c1-19-14-38-15-21(11-25(32)28(38)33-19)34-29(40)23-9-10-26(24-16-36(2)35-27(23)24)39-18-31(12-22(39)13-31)37(3)30(41)42-17-20-7-5-4-6-8-20/h4-11,14-16,22H,12-13,17-18H2,1-3H3,(H,34,40). The smallest absolute Gasteiger partial charge is 0.410 e. The molecular formula is C31H30FN7O3. The van der Waals surface area contributed by atoms with Gasteiger partial charge >= 0.3 is 6.09 Å². The van der Waals surface area contributed by atoms with E-state index in [-0.39, 0.29) is 35.8 Å². The van der Waals surface area contributed by atoms with Crippen LogP contribution in [0.5, 0.6) is 0 Å². The number of aryl methyl sites for hydroxylation is 2. The van der Waals surface area contributed by atoms with Crippen LogP contribution in [0.4, 0.5) is 20.6 Å². The van der Waals surface area contributed by atoms with Crippen molar-refractivity contribution in [3.63, 3.8) is 0 Å². The SMILES string of the molecule is Cc1cn2cc(NC(=O)c3ccc(N4CC5(N(C)C(=O)OCc6ccccc6)CC4C5)c4cn(C)nc34)cc(F)c2n1. The third-order valence-electron chi connectivity index (χ3n) is 8.53. The summed E-state index contributed by atoms with van der Waals surface area (Å²) in [4.78, 5) is 34.6. The van der Waals surface area contributed by atoms with Crippen LogP contribution in [0.3, 0.4) is 0 Å². The van der Waals surface area contributed by atoms with Crippen molar-refractivity contribution in [1.29, 1.82) is 0 Å². The van der Waals surface area contributed by atoms with Crippen LogP contribution in [0.2, 0.25) is 0 Å². The second-order valence-corrected chi connectivity index (χ2v) is 11.4. The van der Waals surface area contributed by atoms with Gasteiger partial charge in [-0.3, -0.25) is 9.48 Å². The monoisotopic (exact) mass is 567 g/mol. The molecule has 5 aromatic rings. The van der Waals surface area contributed by atoms with E-state index in [1.54, 1.807) is 39.4 Å². The third kappa shape index (κ3) is 4.23. The summed E-state index contributed by atoms with van der Waals surface area (Å²) in [5.41, 5.74) is 3.75. The molecule has 214 valence electrons. The van der Waals surface area contributed by atoms with Crippen molar-refractivity contribution in [2.75, 3.05) is 23.8 Å². The van der Waals surface area contributed by atoms with Gasteiger partial charge in [-0.15, -0.1) is 0 Å². The molecule has 1 N–H and O–H groups in total. The summed E-state index contributed by atoms with van der Waals surface area (Å²) in [6, 6.07) is 14.9. The van der Waals surface area contributed by atoms with Crippen LogP contribution in [0.25, 0.3) is 16.6 Å². The first-order valence-electron chi connectivity index (χ1n) is 13.8. The van der Waals surface area contributed by atoms with Crippen LogP contribution in [0.15, 0.2) is 67.1 Å². The number of halogens is 1. The Balaban J connectivity index is 1.11. The molecule has 0 spiro atoms. The van der Waals surface area contributed by atoms with E-state index in [2.05, 4.69) is 20.3 Å². The number of anilines is 2. The summed E-state index contributed by atoms with van der Waals surface area (Å²) in [7, 11) is 3.63. The van der Waals surface area contributed by atoms with Crippen molar-refractivity contribution in [2.24, 2.45) is 7.05 Å². The molecule has 3 aromatic heterocycles. The summed E-state index contributed by atoms with van der Waals surface area (Å²) >= 11 is 0. The molecular weight excluding hydrogens is 537 g/mol. The molecule has 2 aliphatic heterocycles. The Bertz CT molecular complexity index is 1860. The molecule has 42 heavy (non-hydrogen) atoms. The molecule has 1 saturated carbocycles. The van der Waals surface area contributed by atoms with E-state index in [1.807, 2.05) is 56.7 Å². The number of hydrogen-bond acceptors (Lipinski definition) is 6. The Morgan fingerprint density at radius 2 is 1.93 bits per heavy atom. The van der Waals surface area contributed by atoms with Gasteiger partial charge in [0.15, 0.2) is 11.5 Å². The van der Waals surface area contributed by atoms with Gasteiger partial charge in [0.2, 0.25) is 0 Å². The van der Waals surface area contributed by atoms with Crippen LogP contribution in [-0.2, 0) is 18.4 Å². The van der Waals surface area contributed by atoms with E-state index in [0.29, 0.717) is 29.0 Å². The number of amides is 2. The highest BCUT2D eigenvalue weighted by Crippen LogP contribution is 2.51. The number of ether oxygens (including phenoxy) is 1. The van der Waals surface area contributed by atoms with Crippen molar-refractivity contribution in [2.45, 2.75) is 38.0 Å². The first-order valence-corrected chi connectivity index (χ1v) is 13.8. The van der Waals surface area contributed by atoms with Gasteiger partial charge in [-0.2, -0.15) is 5.10 Å². The zero-order chi connectivity index (χ0) is 29.2. The first-order chi connectivity index (χ1) is 20.2. The fraction of sp³-hybridized carbons (Fsp3) is 0.290. The lowest BCUT2D eigenvalue weighted by molar-refractivity contribution is 0.0428. The van der Waals surface area contributed by atoms with Crippen LogP contribution in [0, 0.1) is 12.7 Å². The molecule has 2 saturated heterocycles. The zero-order valence-corrected chi connectivity index (χ0v) is 23.5. The topological polar surface area (TPSA) is 97.0 Å². The molecule has 10 nitrogen and oxygen atoms in total. The maximum Gasteiger partial charge on any atom is 0.410 e. The van der Waals surface area contributed by atoms with E-state index in [0.717, 1.165) is 29.5 Å². The van der Waals surface area contributed by atoms with Gasteiger partial charge in [0.05, 0.1) is 22.5 Å². The van der Waals surface area contributed by atoms with Gasteiger partial charge in [-0.25, -0.2) is 14.2 Å². The number of benzene rings is 2. The molecule has 0 atom stereocenters. The predicted octanol–water partition coefficient (Wildman–Crippen LogP) is 4.91. The zero-order valence-electron chi connectivity index (χ0n) is 23.5. The molecule has 2 aromatic carbocycles. The normalized spacial score (nSPS) is 19.2. The van der Waals surface area contributed by atoms with E-state index < -0.39 is 5.82 Å². The van der Waals surface area contributed by atoms with Crippen LogP contribution in [0.1, 0.15) is 34.5 Å². The minimum Gasteiger partial charge on any atom is -0.445 e. The number of carbonyl (C=O) groups excluding carboxylic acids is 2. The van der Waals surface area contributed by atoms with Crippen molar-refractivity contribution < 1.29 is 18.7 Å². The second kappa shape index (κ2) is 9.57. The molecule has 8 rings (SSSR count). The van der Waals surface area contributed by atoms with E-state index in [1.165, 1.54) is 6.07 Å². The largest absolute Gasteiger partial charge is 0.445 e. The summed E-state index contributed by atoms with van der Waals surface area (Å²) in [6.45, 7) is 2.68. The quantitative estimate of drug-likeness (QED) is 0.313. The van der Waals surface area contributed by atoms with Gasteiger partial charge in [-0.1, -0.05) is 30.3 Å². The number of imidazole rings is 1. The number of pyridine rings is 1. The highest BCUT2D eigenvalue weighted by Gasteiger charge is 2.59. The molecule has 0 radical (unpaired) electrons. The number of nitrogens with one attached hydrogen (secondary N) is 1. The van der Waals surface area contributed by atoms with Crippen molar-refractivity contribution in [1.82, 2.24) is 24.1 Å². The Labute approximate surface area is 241 Å². The lowest BCUT2D eigenvalue weighted by Crippen LogP contribution is -2.55. The van der Waals surface area contributed by atoms with E-state index in [9.17, 15) is 14.0 Å². The number of carbonyl (C=O) groups is 2. The first kappa shape index (κ1) is 26.0. The summed E-state index contributed by atoms with van der Waals surface area (Å²) in [5.74, 6) is -0.904. The highest BCUT2D eigenvalue weighted by molar-refractivity contribution is 6.14. The van der Waals surface area contributed by atoms with Gasteiger partial charge in [-0.05, 0) is 37.5 Å². The summed E-state index contributed by atoms with van der Waals surface area (Å²) < 4.78 is 23.5. The number of hydrogen-bond donors (Lipinski definition) is 1. The Kier molecular flexibility index (Phi) is 5.93.